The average molecular weight is 194 g/mol. The van der Waals surface area contributed by atoms with Crippen molar-refractivity contribution in [2.24, 2.45) is 0 Å². The van der Waals surface area contributed by atoms with Crippen molar-refractivity contribution in [3.05, 3.63) is 44.2 Å². The van der Waals surface area contributed by atoms with Gasteiger partial charge in [0.1, 0.15) is 0 Å². The van der Waals surface area contributed by atoms with E-state index in [1.54, 1.807) is 3.88 Å². The van der Waals surface area contributed by atoms with Gasteiger partial charge in [0.15, 0.2) is 0 Å². The summed E-state index contributed by atoms with van der Waals surface area (Å²) in [5, 5.41) is 0. The molecule has 0 heterocycles. The van der Waals surface area contributed by atoms with E-state index in [2.05, 4.69) is 48.6 Å². The molecule has 62 valence electrons. The molecule has 0 bridgehead atoms. The van der Waals surface area contributed by atoms with Crippen LogP contribution < -0.4 is 0 Å². The zero-order valence-electron chi connectivity index (χ0n) is 7.67. The van der Waals surface area contributed by atoms with Crippen LogP contribution in [0.1, 0.15) is 20.3 Å². The van der Waals surface area contributed by atoms with E-state index in [-0.39, 0.29) is 19.2 Å². The van der Waals surface area contributed by atoms with Gasteiger partial charge in [0.05, 0.1) is 0 Å². The zero-order valence-corrected chi connectivity index (χ0v) is 9.23. The Morgan fingerprint density at radius 1 is 1.58 bits per heavy atom. The van der Waals surface area contributed by atoms with Gasteiger partial charge in [-0.05, 0) is 0 Å². The molecule has 0 radical (unpaired) electrons. The molecule has 0 aromatic heterocycles. The van der Waals surface area contributed by atoms with E-state index < -0.39 is 0 Å². The minimum absolute atomic E-state index is 0.0248. The molecule has 0 spiro atoms. The summed E-state index contributed by atoms with van der Waals surface area (Å²) in [5.41, 5.74) is 1.41. The Kier molecular flexibility index (Phi) is 4.35. The Bertz CT molecular complexity index is 254. The van der Waals surface area contributed by atoms with Crippen molar-refractivity contribution in [2.75, 3.05) is 0 Å². The van der Waals surface area contributed by atoms with E-state index in [0.717, 1.165) is 0 Å². The maximum absolute atomic E-state index is 2.40. The van der Waals surface area contributed by atoms with E-state index >= 15 is 0 Å². The van der Waals surface area contributed by atoms with Crippen LogP contribution in [0, 0.1) is 0 Å². The molecular formula is C11H14Ti. The monoisotopic (exact) mass is 194 g/mol. The molecule has 0 aliphatic heterocycles. The van der Waals surface area contributed by atoms with Crippen LogP contribution in [0.15, 0.2) is 44.2 Å². The van der Waals surface area contributed by atoms with E-state index in [9.17, 15) is 0 Å². The van der Waals surface area contributed by atoms with Gasteiger partial charge >= 0.3 is 83.6 Å². The Balaban J connectivity index is 2.38. The van der Waals surface area contributed by atoms with Crippen LogP contribution >= 0.6 is 0 Å². The van der Waals surface area contributed by atoms with Gasteiger partial charge in [-0.1, -0.05) is 0 Å². The van der Waals surface area contributed by atoms with Crippen molar-refractivity contribution < 1.29 is 19.2 Å². The minimum atomic E-state index is 0.0248. The van der Waals surface area contributed by atoms with Gasteiger partial charge in [0.2, 0.25) is 0 Å². The first kappa shape index (κ1) is 9.76. The average Bonchev–Trinajstić information content (AvgIpc) is 2.53. The molecule has 1 aliphatic carbocycles. The molecule has 1 rings (SSSR count). The second-order valence-corrected chi connectivity index (χ2v) is 4.76. The van der Waals surface area contributed by atoms with E-state index in [4.69, 9.17) is 0 Å². The maximum atomic E-state index is 2.40. The molecule has 0 fully saturated rings. The molecular weight excluding hydrogens is 180 g/mol. The summed E-state index contributed by atoms with van der Waals surface area (Å²) >= 11 is 0.0248. The quantitative estimate of drug-likeness (QED) is 0.477. The first-order valence-electron chi connectivity index (χ1n) is 4.24. The van der Waals surface area contributed by atoms with Crippen molar-refractivity contribution >= 4 is 0 Å². The molecule has 0 N–H and O–H groups in total. The van der Waals surface area contributed by atoms with Crippen LogP contribution in [0.2, 0.25) is 0 Å². The molecule has 0 saturated heterocycles. The summed E-state index contributed by atoms with van der Waals surface area (Å²) in [4.78, 5) is 0. The second kappa shape index (κ2) is 5.34. The van der Waals surface area contributed by atoms with Gasteiger partial charge in [-0.3, -0.25) is 0 Å². The first-order valence-corrected chi connectivity index (χ1v) is 5.93. The fourth-order valence-electron chi connectivity index (χ4n) is 1.07. The molecule has 0 aromatic carbocycles. The van der Waals surface area contributed by atoms with E-state index in [0.29, 0.717) is 0 Å². The van der Waals surface area contributed by atoms with Crippen LogP contribution in [0.3, 0.4) is 0 Å². The van der Waals surface area contributed by atoms with Crippen LogP contribution in [0.25, 0.3) is 0 Å². The van der Waals surface area contributed by atoms with Crippen LogP contribution in [-0.4, -0.2) is 0 Å². The van der Waals surface area contributed by atoms with Gasteiger partial charge in [-0.25, -0.2) is 0 Å². The van der Waals surface area contributed by atoms with E-state index in [1.807, 2.05) is 0 Å². The molecule has 0 unspecified atom stereocenters. The second-order valence-electron chi connectivity index (χ2n) is 2.86. The Morgan fingerprint density at radius 2 is 2.42 bits per heavy atom. The zero-order chi connectivity index (χ0) is 8.81. The molecule has 1 aliphatic rings. The fourth-order valence-corrected chi connectivity index (χ4v) is 2.54. The number of allylic oxidation sites excluding steroid dienone is 7. The standard InChI is InChI=1S/C6H9.C5H5.Ti/c1-4-5-6(2)3;1-2-4-5-3-1;/h2,4-5H,1,3H3;1-3H,4H2;. The molecule has 1 heteroatoms. The van der Waals surface area contributed by atoms with Gasteiger partial charge in [-0.2, -0.15) is 0 Å². The van der Waals surface area contributed by atoms with Crippen LogP contribution in [0.5, 0.6) is 0 Å². The normalized spacial score (nSPS) is 17.2. The molecule has 0 nitrogen and oxygen atoms in total. The van der Waals surface area contributed by atoms with Gasteiger partial charge in [0, 0.05) is 0 Å². The summed E-state index contributed by atoms with van der Waals surface area (Å²) in [6.45, 7) is 4.24. The Morgan fingerprint density at radius 3 is 3.00 bits per heavy atom. The molecule has 12 heavy (non-hydrogen) atoms. The summed E-state index contributed by atoms with van der Waals surface area (Å²) in [6, 6.07) is 0. The van der Waals surface area contributed by atoms with Gasteiger partial charge < -0.3 is 0 Å². The van der Waals surface area contributed by atoms with Crippen LogP contribution in [0.4, 0.5) is 0 Å². The summed E-state index contributed by atoms with van der Waals surface area (Å²) in [7, 11) is 0. The SMILES string of the molecule is CC=CC(C)=[CH][Ti][C]1=CC=CC1. The van der Waals surface area contributed by atoms with Crippen molar-refractivity contribution in [1.82, 2.24) is 0 Å². The Labute approximate surface area is 83.7 Å². The molecule has 0 atom stereocenters. The van der Waals surface area contributed by atoms with Gasteiger partial charge in [-0.15, -0.1) is 0 Å². The third kappa shape index (κ3) is 3.38. The van der Waals surface area contributed by atoms with Crippen molar-refractivity contribution in [3.8, 4) is 0 Å². The number of hydrogen-bond acceptors (Lipinski definition) is 0. The molecule has 0 saturated carbocycles. The van der Waals surface area contributed by atoms with Crippen molar-refractivity contribution in [1.29, 1.82) is 0 Å². The first-order chi connectivity index (χ1) is 5.83. The predicted molar refractivity (Wildman–Crippen MR) is 50.4 cm³/mol. The van der Waals surface area contributed by atoms with E-state index in [1.165, 1.54) is 12.0 Å². The number of hydrogen-bond donors (Lipinski definition) is 0. The fraction of sp³-hybridized carbons (Fsp3) is 0.273. The molecule has 0 aromatic rings. The molecule has 0 amide bonds. The number of rotatable bonds is 3. The van der Waals surface area contributed by atoms with Crippen molar-refractivity contribution in [2.45, 2.75) is 20.3 Å². The summed E-state index contributed by atoms with van der Waals surface area (Å²) in [5.74, 6) is 0. The summed E-state index contributed by atoms with van der Waals surface area (Å²) < 4.78 is 4.04. The van der Waals surface area contributed by atoms with Gasteiger partial charge in [0.25, 0.3) is 0 Å². The van der Waals surface area contributed by atoms with Crippen LogP contribution in [-0.2, 0) is 19.2 Å². The Hall–Kier alpha value is -0.326. The predicted octanol–water partition coefficient (Wildman–Crippen LogP) is 3.39. The third-order valence-corrected chi connectivity index (χ3v) is 3.78. The van der Waals surface area contributed by atoms with Crippen molar-refractivity contribution in [3.63, 3.8) is 0 Å². The topological polar surface area (TPSA) is 0 Å². The summed E-state index contributed by atoms with van der Waals surface area (Å²) in [6.07, 6.45) is 12.1. The third-order valence-electron chi connectivity index (χ3n) is 1.69.